The van der Waals surface area contributed by atoms with Gasteiger partial charge in [0.25, 0.3) is 5.91 Å². The lowest BCUT2D eigenvalue weighted by atomic mass is 10.1. The summed E-state index contributed by atoms with van der Waals surface area (Å²) in [7, 11) is 1.58. The summed E-state index contributed by atoms with van der Waals surface area (Å²) >= 11 is 6.16. The summed E-state index contributed by atoms with van der Waals surface area (Å²) in [5, 5.41) is 6.62. The largest absolute Gasteiger partial charge is 0.495 e. The first-order valence-electron chi connectivity index (χ1n) is 10.3. The lowest BCUT2D eigenvalue weighted by Gasteiger charge is -2.25. The fraction of sp³-hybridized carbons (Fsp3) is 0.391. The van der Waals surface area contributed by atoms with Crippen LogP contribution in [0.3, 0.4) is 0 Å². The van der Waals surface area contributed by atoms with E-state index in [0.717, 1.165) is 44.0 Å². The van der Waals surface area contributed by atoms with E-state index in [1.807, 2.05) is 32.0 Å². The third-order valence-corrected chi connectivity index (χ3v) is 5.44. The van der Waals surface area contributed by atoms with E-state index in [2.05, 4.69) is 20.5 Å². The number of amides is 1. The van der Waals surface area contributed by atoms with Crippen molar-refractivity contribution in [3.05, 3.63) is 58.1 Å². The fourth-order valence-corrected chi connectivity index (χ4v) is 3.38. The van der Waals surface area contributed by atoms with Crippen LogP contribution in [0.5, 0.6) is 5.75 Å². The molecule has 2 aromatic rings. The summed E-state index contributed by atoms with van der Waals surface area (Å²) in [5.74, 6) is 0.712. The van der Waals surface area contributed by atoms with Crippen molar-refractivity contribution in [2.24, 2.45) is 4.99 Å². The number of hydrogen-bond donors (Lipinski definition) is 2. The zero-order chi connectivity index (χ0) is 22.2. The first-order chi connectivity index (χ1) is 15.0. The molecule has 2 N–H and O–H groups in total. The van der Waals surface area contributed by atoms with Crippen molar-refractivity contribution in [1.82, 2.24) is 10.2 Å². The topological polar surface area (TPSA) is 75.2 Å². The number of rotatable bonds is 6. The Morgan fingerprint density at radius 2 is 1.94 bits per heavy atom. The number of ether oxygens (including phenoxy) is 2. The molecule has 3 rings (SSSR count). The first kappa shape index (κ1) is 23.1. The van der Waals surface area contributed by atoms with E-state index < -0.39 is 0 Å². The lowest BCUT2D eigenvalue weighted by molar-refractivity contribution is 0.0394. The Bertz CT molecular complexity index is 942. The third kappa shape index (κ3) is 6.69. The highest BCUT2D eigenvalue weighted by atomic mass is 35.5. The Hall–Kier alpha value is -2.61. The number of aliphatic imine (C=N–C) groups is 1. The lowest BCUT2D eigenvalue weighted by Crippen LogP contribution is -2.39. The van der Waals surface area contributed by atoms with Crippen molar-refractivity contribution in [2.75, 3.05) is 51.8 Å². The van der Waals surface area contributed by atoms with Gasteiger partial charge in [0, 0.05) is 30.2 Å². The number of nitrogens with zero attached hydrogens (tertiary/aromatic N) is 2. The molecule has 31 heavy (non-hydrogen) atoms. The second kappa shape index (κ2) is 11.1. The second-order valence-corrected chi connectivity index (χ2v) is 7.84. The van der Waals surface area contributed by atoms with E-state index in [1.165, 1.54) is 0 Å². The van der Waals surface area contributed by atoms with E-state index in [-0.39, 0.29) is 5.91 Å². The smallest absolute Gasteiger partial charge is 0.257 e. The number of hydrogen-bond acceptors (Lipinski definition) is 5. The van der Waals surface area contributed by atoms with Gasteiger partial charge in [-0.05, 0) is 55.3 Å². The number of carbonyl (C=O) groups excluding carboxylic acids is 1. The van der Waals surface area contributed by atoms with Crippen LogP contribution in [0.15, 0.2) is 41.4 Å². The van der Waals surface area contributed by atoms with E-state index in [0.29, 0.717) is 34.5 Å². The maximum atomic E-state index is 12.9. The molecule has 1 heterocycles. The fourth-order valence-electron chi connectivity index (χ4n) is 3.21. The molecule has 1 fully saturated rings. The second-order valence-electron chi connectivity index (χ2n) is 7.41. The molecule has 0 atom stereocenters. The molecule has 0 saturated carbocycles. The molecule has 0 radical (unpaired) electrons. The quantitative estimate of drug-likeness (QED) is 0.527. The molecule has 0 aliphatic carbocycles. The van der Waals surface area contributed by atoms with Crippen LogP contribution < -0.4 is 15.4 Å². The van der Waals surface area contributed by atoms with Crippen molar-refractivity contribution in [2.45, 2.75) is 13.8 Å². The number of aryl methyl sites for hydroxylation is 2. The van der Waals surface area contributed by atoms with E-state index in [1.54, 1.807) is 25.3 Å². The standard InChI is InChI=1S/C23H29ClN4O3/c1-16-4-5-18(14-17(16)2)22(29)27-23(25-8-9-28-10-12-31-13-11-28)26-20-15-19(24)6-7-21(20)30-3/h4-7,14-15H,8-13H2,1-3H3,(H2,25,26,27,29). The van der Waals surface area contributed by atoms with Gasteiger partial charge in [-0.2, -0.15) is 0 Å². The zero-order valence-corrected chi connectivity index (χ0v) is 19.0. The number of nitrogens with one attached hydrogen (secondary N) is 2. The SMILES string of the molecule is COc1ccc(Cl)cc1NC(=NCCN1CCOCC1)NC(=O)c1ccc(C)c(C)c1. The number of anilines is 1. The van der Waals surface area contributed by atoms with Gasteiger partial charge < -0.3 is 14.8 Å². The molecular weight excluding hydrogens is 416 g/mol. The normalized spacial score (nSPS) is 14.9. The Morgan fingerprint density at radius 3 is 2.65 bits per heavy atom. The maximum Gasteiger partial charge on any atom is 0.257 e. The molecule has 0 bridgehead atoms. The zero-order valence-electron chi connectivity index (χ0n) is 18.2. The molecule has 8 heteroatoms. The molecule has 2 aromatic carbocycles. The van der Waals surface area contributed by atoms with Gasteiger partial charge in [0.15, 0.2) is 0 Å². The summed E-state index contributed by atoms with van der Waals surface area (Å²) in [4.78, 5) is 19.8. The molecule has 7 nitrogen and oxygen atoms in total. The maximum absolute atomic E-state index is 12.9. The monoisotopic (exact) mass is 444 g/mol. The number of benzene rings is 2. The average Bonchev–Trinajstić information content (AvgIpc) is 2.76. The van der Waals surface area contributed by atoms with Crippen molar-refractivity contribution < 1.29 is 14.3 Å². The minimum absolute atomic E-state index is 0.235. The Morgan fingerprint density at radius 1 is 1.16 bits per heavy atom. The number of methoxy groups -OCH3 is 1. The van der Waals surface area contributed by atoms with Gasteiger partial charge in [-0.25, -0.2) is 0 Å². The summed E-state index contributed by atoms with van der Waals surface area (Å²) in [6.45, 7) is 8.54. The summed E-state index contributed by atoms with van der Waals surface area (Å²) in [6.07, 6.45) is 0. The number of halogens is 1. The van der Waals surface area contributed by atoms with Gasteiger partial charge >= 0.3 is 0 Å². The van der Waals surface area contributed by atoms with Crippen LogP contribution in [0.25, 0.3) is 0 Å². The van der Waals surface area contributed by atoms with E-state index in [9.17, 15) is 4.79 Å². The van der Waals surface area contributed by atoms with Gasteiger partial charge in [-0.3, -0.25) is 20.0 Å². The van der Waals surface area contributed by atoms with Crippen molar-refractivity contribution in [3.8, 4) is 5.75 Å². The minimum atomic E-state index is -0.235. The highest BCUT2D eigenvalue weighted by Crippen LogP contribution is 2.27. The number of morpholine rings is 1. The van der Waals surface area contributed by atoms with Crippen LogP contribution in [-0.4, -0.2) is 63.3 Å². The predicted octanol–water partition coefficient (Wildman–Crippen LogP) is 3.50. The van der Waals surface area contributed by atoms with Gasteiger partial charge in [-0.15, -0.1) is 0 Å². The van der Waals surface area contributed by atoms with Crippen LogP contribution >= 0.6 is 11.6 Å². The van der Waals surface area contributed by atoms with Crippen LogP contribution in [0.1, 0.15) is 21.5 Å². The van der Waals surface area contributed by atoms with Crippen LogP contribution in [0.4, 0.5) is 5.69 Å². The molecule has 0 aromatic heterocycles. The molecular formula is C23H29ClN4O3. The average molecular weight is 445 g/mol. The van der Waals surface area contributed by atoms with Crippen LogP contribution in [0, 0.1) is 13.8 Å². The van der Waals surface area contributed by atoms with Gasteiger partial charge in [0.2, 0.25) is 5.96 Å². The predicted molar refractivity (Wildman–Crippen MR) is 125 cm³/mol. The highest BCUT2D eigenvalue weighted by Gasteiger charge is 2.14. The van der Waals surface area contributed by atoms with Crippen LogP contribution in [0.2, 0.25) is 5.02 Å². The molecule has 0 spiro atoms. The molecule has 1 amide bonds. The van der Waals surface area contributed by atoms with Gasteiger partial charge in [-0.1, -0.05) is 17.7 Å². The van der Waals surface area contributed by atoms with Crippen LogP contribution in [-0.2, 0) is 4.74 Å². The molecule has 166 valence electrons. The number of guanidine groups is 1. The highest BCUT2D eigenvalue weighted by molar-refractivity contribution is 6.31. The van der Waals surface area contributed by atoms with E-state index in [4.69, 9.17) is 21.1 Å². The molecule has 1 aliphatic rings. The van der Waals surface area contributed by atoms with Crippen molar-refractivity contribution in [1.29, 1.82) is 0 Å². The third-order valence-electron chi connectivity index (χ3n) is 5.21. The van der Waals surface area contributed by atoms with Gasteiger partial charge in [0.05, 0.1) is 32.6 Å². The summed E-state index contributed by atoms with van der Waals surface area (Å²) in [6, 6.07) is 10.9. The molecule has 1 aliphatic heterocycles. The molecule has 1 saturated heterocycles. The summed E-state index contributed by atoms with van der Waals surface area (Å²) < 4.78 is 10.8. The number of carbonyl (C=O) groups is 1. The molecule has 0 unspecified atom stereocenters. The van der Waals surface area contributed by atoms with Crippen molar-refractivity contribution in [3.63, 3.8) is 0 Å². The first-order valence-corrected chi connectivity index (χ1v) is 10.7. The Kier molecular flexibility index (Phi) is 8.28. The van der Waals surface area contributed by atoms with Crippen molar-refractivity contribution >= 4 is 29.2 Å². The summed E-state index contributed by atoms with van der Waals surface area (Å²) in [5.41, 5.74) is 3.39. The minimum Gasteiger partial charge on any atom is -0.495 e. The Labute approximate surface area is 188 Å². The Balaban J connectivity index is 1.77. The van der Waals surface area contributed by atoms with E-state index >= 15 is 0 Å². The van der Waals surface area contributed by atoms with Gasteiger partial charge in [0.1, 0.15) is 5.75 Å².